The lowest BCUT2D eigenvalue weighted by Gasteiger charge is -2.33. The molecule has 1 atom stereocenters. The molecule has 6 nitrogen and oxygen atoms in total. The van der Waals surface area contributed by atoms with Crippen molar-refractivity contribution in [2.24, 2.45) is 5.73 Å². The van der Waals surface area contributed by atoms with E-state index >= 15 is 0 Å². The van der Waals surface area contributed by atoms with Crippen LogP contribution in [0.25, 0.3) is 0 Å². The third kappa shape index (κ3) is 4.51. The van der Waals surface area contributed by atoms with Crippen LogP contribution in [-0.2, 0) is 16.1 Å². The zero-order valence-corrected chi connectivity index (χ0v) is 11.6. The van der Waals surface area contributed by atoms with Crippen LogP contribution in [0.2, 0.25) is 0 Å². The van der Waals surface area contributed by atoms with Crippen LogP contribution < -0.4 is 16.4 Å². The molecular formula is C14H19FN4O2. The Bertz CT molecular complexity index is 506. The van der Waals surface area contributed by atoms with E-state index in [9.17, 15) is 14.0 Å². The summed E-state index contributed by atoms with van der Waals surface area (Å²) in [6, 6.07) is 5.47. The van der Waals surface area contributed by atoms with Gasteiger partial charge in [0.25, 0.3) is 0 Å². The third-order valence-electron chi connectivity index (χ3n) is 3.43. The van der Waals surface area contributed by atoms with Gasteiger partial charge < -0.3 is 16.4 Å². The smallest absolute Gasteiger partial charge is 0.236 e. The van der Waals surface area contributed by atoms with E-state index in [2.05, 4.69) is 10.6 Å². The number of nitrogens with zero attached hydrogens (tertiary/aromatic N) is 1. The molecule has 1 aromatic rings. The van der Waals surface area contributed by atoms with Gasteiger partial charge in [-0.15, -0.1) is 0 Å². The number of nitrogens with two attached hydrogens (primary N) is 1. The average molecular weight is 294 g/mol. The van der Waals surface area contributed by atoms with Gasteiger partial charge in [-0.05, 0) is 17.7 Å². The number of piperazine rings is 1. The molecule has 0 spiro atoms. The van der Waals surface area contributed by atoms with Crippen LogP contribution in [0.1, 0.15) is 5.56 Å². The zero-order chi connectivity index (χ0) is 15.2. The van der Waals surface area contributed by atoms with Crippen molar-refractivity contribution in [3.63, 3.8) is 0 Å². The van der Waals surface area contributed by atoms with Gasteiger partial charge in [-0.1, -0.05) is 12.1 Å². The lowest BCUT2D eigenvalue weighted by molar-refractivity contribution is -0.127. The van der Waals surface area contributed by atoms with Crippen molar-refractivity contribution in [3.8, 4) is 0 Å². The fraction of sp³-hybridized carbons (Fsp3) is 0.429. The van der Waals surface area contributed by atoms with E-state index in [0.29, 0.717) is 19.6 Å². The summed E-state index contributed by atoms with van der Waals surface area (Å²) in [6.07, 6.45) is 0. The number of nitrogens with one attached hydrogen (secondary N) is 2. The maximum absolute atomic E-state index is 12.8. The second kappa shape index (κ2) is 7.14. The normalized spacial score (nSPS) is 19.2. The van der Waals surface area contributed by atoms with Crippen LogP contribution >= 0.6 is 0 Å². The Balaban J connectivity index is 1.83. The van der Waals surface area contributed by atoms with Gasteiger partial charge in [-0.25, -0.2) is 4.39 Å². The minimum atomic E-state index is -0.463. The van der Waals surface area contributed by atoms with E-state index in [-0.39, 0.29) is 18.3 Å². The van der Waals surface area contributed by atoms with E-state index in [4.69, 9.17) is 5.73 Å². The highest BCUT2D eigenvalue weighted by Gasteiger charge is 2.27. The van der Waals surface area contributed by atoms with Crippen molar-refractivity contribution < 1.29 is 14.0 Å². The summed E-state index contributed by atoms with van der Waals surface area (Å²) >= 11 is 0. The molecule has 2 rings (SSSR count). The minimum absolute atomic E-state index is 0.122. The Morgan fingerprint density at radius 3 is 2.76 bits per heavy atom. The van der Waals surface area contributed by atoms with Crippen LogP contribution in [0.3, 0.4) is 0 Å². The van der Waals surface area contributed by atoms with E-state index in [1.54, 1.807) is 17.0 Å². The Morgan fingerprint density at radius 2 is 2.10 bits per heavy atom. The first-order chi connectivity index (χ1) is 10.1. The summed E-state index contributed by atoms with van der Waals surface area (Å²) in [4.78, 5) is 25.0. The number of hydrogen-bond donors (Lipinski definition) is 3. The molecule has 21 heavy (non-hydrogen) atoms. The number of amides is 2. The molecule has 1 aromatic carbocycles. The molecule has 0 saturated carbocycles. The quantitative estimate of drug-likeness (QED) is 0.663. The first-order valence-electron chi connectivity index (χ1n) is 6.81. The Labute approximate surface area is 122 Å². The second-order valence-corrected chi connectivity index (χ2v) is 5.00. The lowest BCUT2D eigenvalue weighted by atomic mass is 10.2. The van der Waals surface area contributed by atoms with Crippen molar-refractivity contribution >= 4 is 11.8 Å². The molecule has 0 aromatic heterocycles. The number of halogens is 1. The molecule has 7 heteroatoms. The monoisotopic (exact) mass is 294 g/mol. The first kappa shape index (κ1) is 15.4. The summed E-state index contributed by atoms with van der Waals surface area (Å²) in [7, 11) is 0. The number of hydrogen-bond acceptors (Lipinski definition) is 4. The predicted octanol–water partition coefficient (Wildman–Crippen LogP) is -0.799. The van der Waals surface area contributed by atoms with E-state index in [1.165, 1.54) is 12.1 Å². The summed E-state index contributed by atoms with van der Waals surface area (Å²) in [5.41, 5.74) is 6.14. The van der Waals surface area contributed by atoms with Gasteiger partial charge in [0.15, 0.2) is 0 Å². The summed E-state index contributed by atoms with van der Waals surface area (Å²) in [5.74, 6) is -0.934. The van der Waals surface area contributed by atoms with Gasteiger partial charge in [0.05, 0.1) is 6.54 Å². The van der Waals surface area contributed by atoms with Gasteiger partial charge in [-0.2, -0.15) is 0 Å². The summed E-state index contributed by atoms with van der Waals surface area (Å²) in [5, 5.41) is 5.82. The molecular weight excluding hydrogens is 275 g/mol. The first-order valence-corrected chi connectivity index (χ1v) is 6.81. The molecule has 0 radical (unpaired) electrons. The SMILES string of the molecule is NC(=O)C1CNCCN1CC(=O)NCc1ccc(F)cc1. The molecule has 0 bridgehead atoms. The van der Waals surface area contributed by atoms with Crippen molar-refractivity contribution in [3.05, 3.63) is 35.6 Å². The molecule has 2 amide bonds. The van der Waals surface area contributed by atoms with Gasteiger partial charge in [0, 0.05) is 26.2 Å². The maximum atomic E-state index is 12.8. The molecule has 0 aliphatic carbocycles. The fourth-order valence-corrected chi connectivity index (χ4v) is 2.26. The Hall–Kier alpha value is -1.99. The second-order valence-electron chi connectivity index (χ2n) is 5.00. The van der Waals surface area contributed by atoms with E-state index in [0.717, 1.165) is 12.1 Å². The Morgan fingerprint density at radius 1 is 1.38 bits per heavy atom. The fourth-order valence-electron chi connectivity index (χ4n) is 2.26. The van der Waals surface area contributed by atoms with Gasteiger partial charge >= 0.3 is 0 Å². The van der Waals surface area contributed by atoms with E-state index in [1.807, 2.05) is 0 Å². The molecule has 4 N–H and O–H groups in total. The number of benzene rings is 1. The zero-order valence-electron chi connectivity index (χ0n) is 11.6. The minimum Gasteiger partial charge on any atom is -0.368 e. The van der Waals surface area contributed by atoms with Gasteiger partial charge in [0.1, 0.15) is 11.9 Å². The molecule has 1 aliphatic rings. The number of carbonyl (C=O) groups excluding carboxylic acids is 2. The number of carbonyl (C=O) groups is 2. The highest BCUT2D eigenvalue weighted by Crippen LogP contribution is 2.04. The lowest BCUT2D eigenvalue weighted by Crippen LogP contribution is -2.58. The van der Waals surface area contributed by atoms with Crippen LogP contribution in [-0.4, -0.2) is 48.9 Å². The standard InChI is InChI=1S/C14H19FN4O2/c15-11-3-1-10(2-4-11)7-18-13(20)9-19-6-5-17-8-12(19)14(16)21/h1-4,12,17H,5-9H2,(H2,16,21)(H,18,20). The van der Waals surface area contributed by atoms with Gasteiger partial charge in [-0.3, -0.25) is 14.5 Å². The van der Waals surface area contributed by atoms with Crippen LogP contribution in [0.5, 0.6) is 0 Å². The van der Waals surface area contributed by atoms with Crippen LogP contribution in [0, 0.1) is 5.82 Å². The van der Waals surface area contributed by atoms with E-state index < -0.39 is 11.9 Å². The molecule has 1 saturated heterocycles. The molecule has 1 unspecified atom stereocenters. The molecule has 114 valence electrons. The number of rotatable bonds is 5. The molecule has 1 fully saturated rings. The topological polar surface area (TPSA) is 87.5 Å². The van der Waals surface area contributed by atoms with Crippen LogP contribution in [0.15, 0.2) is 24.3 Å². The summed E-state index contributed by atoms with van der Waals surface area (Å²) in [6.45, 7) is 2.22. The maximum Gasteiger partial charge on any atom is 0.236 e. The number of primary amides is 1. The predicted molar refractivity (Wildman–Crippen MR) is 75.7 cm³/mol. The summed E-state index contributed by atoms with van der Waals surface area (Å²) < 4.78 is 12.8. The highest BCUT2D eigenvalue weighted by atomic mass is 19.1. The van der Waals surface area contributed by atoms with Crippen LogP contribution in [0.4, 0.5) is 4.39 Å². The largest absolute Gasteiger partial charge is 0.368 e. The van der Waals surface area contributed by atoms with Crippen molar-refractivity contribution in [1.82, 2.24) is 15.5 Å². The third-order valence-corrected chi connectivity index (χ3v) is 3.43. The van der Waals surface area contributed by atoms with Crippen molar-refractivity contribution in [1.29, 1.82) is 0 Å². The molecule has 1 heterocycles. The Kier molecular flexibility index (Phi) is 5.24. The highest BCUT2D eigenvalue weighted by molar-refractivity contribution is 5.82. The average Bonchev–Trinajstić information content (AvgIpc) is 2.47. The van der Waals surface area contributed by atoms with Crippen molar-refractivity contribution in [2.75, 3.05) is 26.2 Å². The van der Waals surface area contributed by atoms with Crippen molar-refractivity contribution in [2.45, 2.75) is 12.6 Å². The molecule has 1 aliphatic heterocycles. The van der Waals surface area contributed by atoms with Gasteiger partial charge in [0.2, 0.25) is 11.8 Å².